The summed E-state index contributed by atoms with van der Waals surface area (Å²) in [5, 5.41) is 1.43. The Kier molecular flexibility index (Phi) is 1.90. The molecule has 9 heavy (non-hydrogen) atoms. The molecule has 0 radical (unpaired) electrons. The standard InChI is InChI=1S/C5H8BrN3/c6-4-1-2-5(7)9(8)3-4/h1-3,5H,7-8H2. The molecule has 1 rings (SSSR count). The van der Waals surface area contributed by atoms with Crippen molar-refractivity contribution in [3.05, 3.63) is 22.8 Å². The maximum absolute atomic E-state index is 5.49. The molecule has 1 unspecified atom stereocenters. The van der Waals surface area contributed by atoms with Crippen LogP contribution in [-0.4, -0.2) is 11.2 Å². The first-order chi connectivity index (χ1) is 4.20. The van der Waals surface area contributed by atoms with E-state index in [1.807, 2.05) is 12.2 Å². The lowest BCUT2D eigenvalue weighted by molar-refractivity contribution is 0.334. The Balaban J connectivity index is 2.70. The summed E-state index contributed by atoms with van der Waals surface area (Å²) >= 11 is 3.25. The second kappa shape index (κ2) is 2.51. The van der Waals surface area contributed by atoms with Crippen LogP contribution in [0.2, 0.25) is 0 Å². The van der Waals surface area contributed by atoms with Crippen molar-refractivity contribution >= 4 is 15.9 Å². The topological polar surface area (TPSA) is 55.3 Å². The SMILES string of the molecule is NC1C=CC(Br)=CN1N. The minimum Gasteiger partial charge on any atom is -0.307 e. The lowest BCUT2D eigenvalue weighted by atomic mass is 10.3. The van der Waals surface area contributed by atoms with Gasteiger partial charge in [0.2, 0.25) is 0 Å². The normalized spacial score (nSPS) is 26.3. The number of halogens is 1. The molecular formula is C5H8BrN3. The van der Waals surface area contributed by atoms with Crippen LogP contribution < -0.4 is 11.6 Å². The highest BCUT2D eigenvalue weighted by Gasteiger charge is 2.06. The molecule has 4 heteroatoms. The second-order valence-corrected chi connectivity index (χ2v) is 2.73. The molecule has 0 bridgehead atoms. The van der Waals surface area contributed by atoms with Gasteiger partial charge < -0.3 is 5.73 Å². The summed E-state index contributed by atoms with van der Waals surface area (Å²) in [6, 6.07) is 0. The molecule has 0 saturated heterocycles. The highest BCUT2D eigenvalue weighted by molar-refractivity contribution is 9.11. The fraction of sp³-hybridized carbons (Fsp3) is 0.200. The van der Waals surface area contributed by atoms with E-state index in [0.717, 1.165) is 4.48 Å². The third-order valence-electron chi connectivity index (χ3n) is 1.07. The zero-order valence-corrected chi connectivity index (χ0v) is 6.38. The lowest BCUT2D eigenvalue weighted by Gasteiger charge is -2.22. The van der Waals surface area contributed by atoms with Crippen molar-refractivity contribution in [2.75, 3.05) is 0 Å². The van der Waals surface area contributed by atoms with Gasteiger partial charge in [0, 0.05) is 10.7 Å². The molecule has 0 aliphatic carbocycles. The highest BCUT2D eigenvalue weighted by atomic mass is 79.9. The van der Waals surface area contributed by atoms with Crippen molar-refractivity contribution < 1.29 is 0 Å². The molecule has 0 amide bonds. The Morgan fingerprint density at radius 1 is 1.67 bits per heavy atom. The third-order valence-corrected chi connectivity index (χ3v) is 1.54. The monoisotopic (exact) mass is 189 g/mol. The van der Waals surface area contributed by atoms with E-state index < -0.39 is 0 Å². The van der Waals surface area contributed by atoms with Gasteiger partial charge in [-0.3, -0.25) is 5.01 Å². The van der Waals surface area contributed by atoms with Crippen molar-refractivity contribution in [3.63, 3.8) is 0 Å². The van der Waals surface area contributed by atoms with E-state index in [0.29, 0.717) is 0 Å². The fourth-order valence-corrected chi connectivity index (χ4v) is 0.950. The van der Waals surface area contributed by atoms with Crippen LogP contribution in [0.1, 0.15) is 0 Å². The first kappa shape index (κ1) is 6.80. The predicted octanol–water partition coefficient (Wildman–Crippen LogP) is 0.253. The largest absolute Gasteiger partial charge is 0.307 e. The molecular weight excluding hydrogens is 182 g/mol. The smallest absolute Gasteiger partial charge is 0.111 e. The van der Waals surface area contributed by atoms with Crippen LogP contribution in [0.5, 0.6) is 0 Å². The van der Waals surface area contributed by atoms with Crippen LogP contribution >= 0.6 is 15.9 Å². The van der Waals surface area contributed by atoms with Crippen LogP contribution in [0.4, 0.5) is 0 Å². The van der Waals surface area contributed by atoms with E-state index in [1.165, 1.54) is 5.01 Å². The molecule has 1 heterocycles. The molecule has 0 aromatic rings. The van der Waals surface area contributed by atoms with Gasteiger partial charge in [0.05, 0.1) is 0 Å². The molecule has 3 nitrogen and oxygen atoms in total. The number of rotatable bonds is 0. The number of hydrogen-bond acceptors (Lipinski definition) is 3. The van der Waals surface area contributed by atoms with Crippen LogP contribution in [0.3, 0.4) is 0 Å². The third kappa shape index (κ3) is 1.54. The summed E-state index contributed by atoms with van der Waals surface area (Å²) in [6.45, 7) is 0. The molecule has 1 aliphatic rings. The van der Waals surface area contributed by atoms with Gasteiger partial charge in [-0.05, 0) is 28.1 Å². The molecule has 0 fully saturated rings. The summed E-state index contributed by atoms with van der Waals surface area (Å²) < 4.78 is 0.937. The molecule has 0 saturated carbocycles. The molecule has 0 aromatic heterocycles. The summed E-state index contributed by atoms with van der Waals surface area (Å²) in [7, 11) is 0. The Morgan fingerprint density at radius 3 is 2.78 bits per heavy atom. The van der Waals surface area contributed by atoms with Crippen molar-refractivity contribution in [2.45, 2.75) is 6.17 Å². The average molecular weight is 190 g/mol. The van der Waals surface area contributed by atoms with Crippen LogP contribution in [-0.2, 0) is 0 Å². The summed E-state index contributed by atoms with van der Waals surface area (Å²) in [6.07, 6.45) is 5.22. The van der Waals surface area contributed by atoms with Crippen molar-refractivity contribution in [2.24, 2.45) is 11.6 Å². The zero-order chi connectivity index (χ0) is 6.85. The summed E-state index contributed by atoms with van der Waals surface area (Å²) in [4.78, 5) is 0. The van der Waals surface area contributed by atoms with Gasteiger partial charge in [0.25, 0.3) is 0 Å². The molecule has 4 N–H and O–H groups in total. The number of hydrazine groups is 1. The van der Waals surface area contributed by atoms with E-state index in [2.05, 4.69) is 15.9 Å². The summed E-state index contributed by atoms with van der Waals surface area (Å²) in [5.74, 6) is 5.42. The minimum absolute atomic E-state index is 0.189. The summed E-state index contributed by atoms with van der Waals surface area (Å²) in [5.41, 5.74) is 5.49. The van der Waals surface area contributed by atoms with Gasteiger partial charge >= 0.3 is 0 Å². The van der Waals surface area contributed by atoms with Gasteiger partial charge in [0.15, 0.2) is 0 Å². The number of nitrogens with zero attached hydrogens (tertiary/aromatic N) is 1. The van der Waals surface area contributed by atoms with E-state index in [9.17, 15) is 0 Å². The number of allylic oxidation sites excluding steroid dienone is 2. The molecule has 0 aromatic carbocycles. The van der Waals surface area contributed by atoms with Crippen LogP contribution in [0, 0.1) is 0 Å². The molecule has 0 spiro atoms. The Bertz CT molecular complexity index is 164. The van der Waals surface area contributed by atoms with Crippen LogP contribution in [0.15, 0.2) is 22.8 Å². The van der Waals surface area contributed by atoms with Gasteiger partial charge in [-0.2, -0.15) is 0 Å². The first-order valence-corrected chi connectivity index (χ1v) is 3.33. The highest BCUT2D eigenvalue weighted by Crippen LogP contribution is 2.12. The van der Waals surface area contributed by atoms with Gasteiger partial charge in [-0.1, -0.05) is 0 Å². The van der Waals surface area contributed by atoms with Gasteiger partial charge in [0.1, 0.15) is 6.17 Å². The second-order valence-electron chi connectivity index (χ2n) is 1.81. The number of hydrogen-bond donors (Lipinski definition) is 2. The minimum atomic E-state index is -0.189. The van der Waals surface area contributed by atoms with E-state index >= 15 is 0 Å². The van der Waals surface area contributed by atoms with Crippen molar-refractivity contribution in [1.29, 1.82) is 0 Å². The number of nitrogens with two attached hydrogens (primary N) is 2. The maximum atomic E-state index is 5.49. The Labute approximate surface area is 62.1 Å². The van der Waals surface area contributed by atoms with E-state index in [4.69, 9.17) is 11.6 Å². The van der Waals surface area contributed by atoms with Gasteiger partial charge in [-0.25, -0.2) is 5.84 Å². The lowest BCUT2D eigenvalue weighted by Crippen LogP contribution is -2.42. The van der Waals surface area contributed by atoms with Crippen LogP contribution in [0.25, 0.3) is 0 Å². The van der Waals surface area contributed by atoms with E-state index in [-0.39, 0.29) is 6.17 Å². The van der Waals surface area contributed by atoms with Gasteiger partial charge in [-0.15, -0.1) is 0 Å². The fourth-order valence-electron chi connectivity index (χ4n) is 0.561. The maximum Gasteiger partial charge on any atom is 0.111 e. The Hall–Kier alpha value is -0.320. The van der Waals surface area contributed by atoms with Crippen molar-refractivity contribution in [3.8, 4) is 0 Å². The average Bonchev–Trinajstić information content (AvgIpc) is 1.80. The Morgan fingerprint density at radius 2 is 2.33 bits per heavy atom. The molecule has 1 aliphatic heterocycles. The van der Waals surface area contributed by atoms with E-state index in [1.54, 1.807) is 6.20 Å². The first-order valence-electron chi connectivity index (χ1n) is 2.54. The van der Waals surface area contributed by atoms with Crippen molar-refractivity contribution in [1.82, 2.24) is 5.01 Å². The molecule has 1 atom stereocenters. The molecule has 50 valence electrons. The quantitative estimate of drug-likeness (QED) is 0.538. The zero-order valence-electron chi connectivity index (χ0n) is 4.79. The predicted molar refractivity (Wildman–Crippen MR) is 40.2 cm³/mol.